The highest BCUT2D eigenvalue weighted by Crippen LogP contribution is 2.60. The van der Waals surface area contributed by atoms with Gasteiger partial charge in [-0.1, -0.05) is 188 Å². The predicted molar refractivity (Wildman–Crippen MR) is 244 cm³/mol. The van der Waals surface area contributed by atoms with Gasteiger partial charge in [0.25, 0.3) is 0 Å². The van der Waals surface area contributed by atoms with Crippen molar-refractivity contribution in [3.05, 3.63) is 193 Å². The van der Waals surface area contributed by atoms with Crippen LogP contribution >= 0.6 is 7.14 Å². The van der Waals surface area contributed by atoms with Crippen molar-refractivity contribution in [2.24, 2.45) is 11.8 Å². The molecule has 5 heteroatoms. The molecule has 0 N–H and O–H groups in total. The van der Waals surface area contributed by atoms with Crippen LogP contribution in [0.3, 0.4) is 0 Å². The monoisotopic (exact) mass is 783 g/mol. The molecule has 2 aliphatic carbocycles. The summed E-state index contributed by atoms with van der Waals surface area (Å²) in [6, 6.07) is 64.5. The zero-order valence-corrected chi connectivity index (χ0v) is 34.4. The van der Waals surface area contributed by atoms with Crippen LogP contribution in [0, 0.1) is 11.8 Å². The van der Waals surface area contributed by atoms with Crippen molar-refractivity contribution in [3.63, 3.8) is 0 Å². The third kappa shape index (κ3) is 7.17. The molecule has 10 rings (SSSR count). The molecule has 1 aromatic heterocycles. The number of fused-ring (bicyclic) bond motifs is 2. The SMILES string of the molecule is CP(C)(=O)c1ccc(-c2cccc(C3(c4ccc(-c5nc(-c6ccc(-c7ccccc7)cc6)nc(-c6ccc(-c7ccccc7)cc6)n5)cc4)CC4CCC3C4)c2)cc1. The van der Waals surface area contributed by atoms with Crippen LogP contribution in [-0.2, 0) is 9.98 Å². The standard InChI is InChI=1S/C54H46N3OP/c1-59(2,58)50-32-27-42(28-33-50)46-14-9-15-48(35-46)54(36-37-16-29-49(54)34-37)47-30-25-45(26-31-47)53-56-51(43-21-17-40(18-22-43)38-10-5-3-6-11-38)55-52(57-53)44-23-19-41(20-24-44)39-12-7-4-8-13-39/h3-15,17-28,30-33,35,37,49H,16,29,34,36H2,1-2H3. The van der Waals surface area contributed by atoms with Gasteiger partial charge < -0.3 is 4.57 Å². The Balaban J connectivity index is 1.02. The van der Waals surface area contributed by atoms with Crippen LogP contribution in [0.4, 0.5) is 0 Å². The minimum atomic E-state index is -2.32. The maximum atomic E-state index is 12.7. The summed E-state index contributed by atoms with van der Waals surface area (Å²) in [7, 11) is -2.32. The first-order chi connectivity index (χ1) is 28.8. The van der Waals surface area contributed by atoms with E-state index in [0.717, 1.165) is 51.0 Å². The summed E-state index contributed by atoms with van der Waals surface area (Å²) in [6.45, 7) is 3.67. The summed E-state index contributed by atoms with van der Waals surface area (Å²) in [5.74, 6) is 3.29. The molecule has 8 aromatic rings. The van der Waals surface area contributed by atoms with Crippen molar-refractivity contribution < 1.29 is 4.57 Å². The molecule has 0 spiro atoms. The molecular formula is C54H46N3OP. The van der Waals surface area contributed by atoms with Gasteiger partial charge in [0, 0.05) is 27.4 Å². The minimum absolute atomic E-state index is 0.0592. The van der Waals surface area contributed by atoms with E-state index in [2.05, 4.69) is 158 Å². The molecule has 2 fully saturated rings. The van der Waals surface area contributed by atoms with Gasteiger partial charge in [-0.3, -0.25) is 0 Å². The van der Waals surface area contributed by atoms with Crippen molar-refractivity contribution >= 4 is 12.4 Å². The molecule has 3 unspecified atom stereocenters. The van der Waals surface area contributed by atoms with Gasteiger partial charge in [0.05, 0.1) is 0 Å². The molecule has 59 heavy (non-hydrogen) atoms. The first-order valence-corrected chi connectivity index (χ1v) is 23.4. The second-order valence-corrected chi connectivity index (χ2v) is 20.0. The molecule has 0 aliphatic heterocycles. The first kappa shape index (κ1) is 37.1. The minimum Gasteiger partial charge on any atom is -0.319 e. The van der Waals surface area contributed by atoms with Crippen LogP contribution < -0.4 is 5.30 Å². The third-order valence-corrected chi connectivity index (χ3v) is 14.4. The lowest BCUT2D eigenvalue weighted by molar-refractivity contribution is 0.320. The molecular weight excluding hydrogens is 738 g/mol. The largest absolute Gasteiger partial charge is 0.319 e. The van der Waals surface area contributed by atoms with Crippen LogP contribution in [0.15, 0.2) is 182 Å². The van der Waals surface area contributed by atoms with Gasteiger partial charge >= 0.3 is 0 Å². The van der Waals surface area contributed by atoms with Crippen LogP contribution in [0.5, 0.6) is 0 Å². The van der Waals surface area contributed by atoms with Crippen molar-refractivity contribution in [2.75, 3.05) is 13.3 Å². The second-order valence-electron chi connectivity index (χ2n) is 16.8. The number of benzene rings is 7. The molecule has 0 amide bonds. The Bertz CT molecular complexity index is 2700. The van der Waals surface area contributed by atoms with Crippen molar-refractivity contribution in [2.45, 2.75) is 31.1 Å². The van der Waals surface area contributed by atoms with E-state index in [4.69, 9.17) is 15.0 Å². The molecule has 2 saturated carbocycles. The Morgan fingerprint density at radius 3 is 1.32 bits per heavy atom. The number of rotatable bonds is 9. The van der Waals surface area contributed by atoms with E-state index in [1.807, 2.05) is 37.6 Å². The number of hydrogen-bond donors (Lipinski definition) is 0. The molecule has 4 nitrogen and oxygen atoms in total. The van der Waals surface area contributed by atoms with E-state index >= 15 is 0 Å². The summed E-state index contributed by atoms with van der Waals surface area (Å²) in [6.07, 6.45) is 5.00. The smallest absolute Gasteiger partial charge is 0.164 e. The highest BCUT2D eigenvalue weighted by molar-refractivity contribution is 7.70. The molecule has 2 bridgehead atoms. The molecule has 3 atom stereocenters. The number of nitrogens with zero attached hydrogens (tertiary/aromatic N) is 3. The number of hydrogen-bond acceptors (Lipinski definition) is 4. The van der Waals surface area contributed by atoms with Crippen LogP contribution in [-0.4, -0.2) is 28.3 Å². The first-order valence-electron chi connectivity index (χ1n) is 20.8. The molecule has 2 aliphatic rings. The quantitative estimate of drug-likeness (QED) is 0.137. The average Bonchev–Trinajstić information content (AvgIpc) is 3.93. The Kier molecular flexibility index (Phi) is 9.54. The third-order valence-electron chi connectivity index (χ3n) is 12.8. The van der Waals surface area contributed by atoms with E-state index < -0.39 is 7.14 Å². The van der Waals surface area contributed by atoms with Gasteiger partial charge in [-0.25, -0.2) is 15.0 Å². The maximum absolute atomic E-state index is 12.7. The van der Waals surface area contributed by atoms with Gasteiger partial charge in [-0.15, -0.1) is 0 Å². The van der Waals surface area contributed by atoms with E-state index in [1.54, 1.807) is 0 Å². The zero-order valence-electron chi connectivity index (χ0n) is 33.5. The van der Waals surface area contributed by atoms with E-state index in [-0.39, 0.29) is 5.41 Å². The summed E-state index contributed by atoms with van der Waals surface area (Å²) in [5.41, 5.74) is 12.6. The maximum Gasteiger partial charge on any atom is 0.164 e. The fourth-order valence-electron chi connectivity index (χ4n) is 9.76. The lowest BCUT2D eigenvalue weighted by Gasteiger charge is -2.39. The Hall–Kier alpha value is -6.22. The lowest BCUT2D eigenvalue weighted by atomic mass is 9.64. The predicted octanol–water partition coefficient (Wildman–Crippen LogP) is 13.2. The van der Waals surface area contributed by atoms with Gasteiger partial charge in [-0.05, 0) is 88.9 Å². The topological polar surface area (TPSA) is 55.7 Å². The van der Waals surface area contributed by atoms with Crippen LogP contribution in [0.1, 0.15) is 36.8 Å². The molecule has 1 heterocycles. The van der Waals surface area contributed by atoms with E-state index in [1.165, 1.54) is 47.1 Å². The summed E-state index contributed by atoms with van der Waals surface area (Å²) < 4.78 is 12.7. The van der Waals surface area contributed by atoms with Crippen molar-refractivity contribution in [1.82, 2.24) is 15.0 Å². The highest BCUT2D eigenvalue weighted by atomic mass is 31.2. The Morgan fingerprint density at radius 2 is 0.864 bits per heavy atom. The average molecular weight is 784 g/mol. The Labute approximate surface area is 347 Å². The zero-order chi connectivity index (χ0) is 40.0. The fourth-order valence-corrected chi connectivity index (χ4v) is 10.6. The van der Waals surface area contributed by atoms with Crippen LogP contribution in [0.25, 0.3) is 67.5 Å². The molecule has 7 aromatic carbocycles. The van der Waals surface area contributed by atoms with Gasteiger partial charge in [0.15, 0.2) is 17.5 Å². The van der Waals surface area contributed by atoms with Gasteiger partial charge in [0.1, 0.15) is 7.14 Å². The lowest BCUT2D eigenvalue weighted by Crippen LogP contribution is -2.34. The van der Waals surface area contributed by atoms with Crippen LogP contribution in [0.2, 0.25) is 0 Å². The van der Waals surface area contributed by atoms with E-state index in [0.29, 0.717) is 23.4 Å². The summed E-state index contributed by atoms with van der Waals surface area (Å²) in [5, 5.41) is 0.918. The fraction of sp³-hybridized carbons (Fsp3) is 0.167. The number of aromatic nitrogens is 3. The van der Waals surface area contributed by atoms with Gasteiger partial charge in [-0.2, -0.15) is 0 Å². The van der Waals surface area contributed by atoms with E-state index in [9.17, 15) is 4.57 Å². The van der Waals surface area contributed by atoms with Crippen molar-refractivity contribution in [1.29, 1.82) is 0 Å². The van der Waals surface area contributed by atoms with Gasteiger partial charge in [0.2, 0.25) is 0 Å². The summed E-state index contributed by atoms with van der Waals surface area (Å²) in [4.78, 5) is 15.3. The summed E-state index contributed by atoms with van der Waals surface area (Å²) >= 11 is 0. The molecule has 288 valence electrons. The Morgan fingerprint density at radius 1 is 0.441 bits per heavy atom. The molecule has 0 radical (unpaired) electrons. The van der Waals surface area contributed by atoms with Crippen molar-refractivity contribution in [3.8, 4) is 67.5 Å². The second kappa shape index (κ2) is 15.2. The molecule has 0 saturated heterocycles. The highest BCUT2D eigenvalue weighted by Gasteiger charge is 2.52. The normalized spacial score (nSPS) is 18.5.